The fraction of sp³-hybridized carbons (Fsp3) is 0.917. The molecule has 1 N–H and O–H groups in total. The highest BCUT2D eigenvalue weighted by Crippen LogP contribution is 2.22. The fourth-order valence-electron chi connectivity index (χ4n) is 2.10. The van der Waals surface area contributed by atoms with Crippen LogP contribution >= 0.6 is 0 Å². The average Bonchev–Trinajstić information content (AvgIpc) is 2.16. The van der Waals surface area contributed by atoms with Crippen LogP contribution in [-0.4, -0.2) is 54.2 Å². The number of carbonyl (C=O) groups excluding carboxylic acids is 1. The minimum atomic E-state index is -0.641. The van der Waals surface area contributed by atoms with Gasteiger partial charge in [-0.1, -0.05) is 0 Å². The highest BCUT2D eigenvalue weighted by molar-refractivity contribution is 5.76. The number of hydrogen-bond donors (Lipinski definition) is 1. The lowest BCUT2D eigenvalue weighted by Crippen LogP contribution is -2.48. The van der Waals surface area contributed by atoms with Gasteiger partial charge in [-0.3, -0.25) is 4.79 Å². The molecule has 16 heavy (non-hydrogen) atoms. The first kappa shape index (κ1) is 13.6. The molecule has 0 amide bonds. The maximum Gasteiger partial charge on any atom is 0.131 e. The van der Waals surface area contributed by atoms with Gasteiger partial charge >= 0.3 is 0 Å². The van der Waals surface area contributed by atoms with Gasteiger partial charge in [-0.2, -0.15) is 0 Å². The third-order valence-electron chi connectivity index (χ3n) is 3.30. The Morgan fingerprint density at radius 3 is 2.56 bits per heavy atom. The van der Waals surface area contributed by atoms with Crippen molar-refractivity contribution in [2.24, 2.45) is 0 Å². The molecule has 0 aromatic heterocycles. The van der Waals surface area contributed by atoms with Gasteiger partial charge in [0, 0.05) is 45.1 Å². The van der Waals surface area contributed by atoms with E-state index >= 15 is 0 Å². The van der Waals surface area contributed by atoms with Crippen molar-refractivity contribution in [2.45, 2.75) is 44.8 Å². The largest absolute Gasteiger partial charge is 0.388 e. The monoisotopic (exact) mass is 229 g/mol. The Bertz CT molecular complexity index is 236. The number of aliphatic hydroxyl groups is 1. The zero-order chi connectivity index (χ0) is 12.2. The fourth-order valence-corrected chi connectivity index (χ4v) is 2.10. The number of ether oxygens (including phenoxy) is 1. The van der Waals surface area contributed by atoms with E-state index in [0.717, 1.165) is 0 Å². The number of carbonyl (C=O) groups is 1. The van der Waals surface area contributed by atoms with Gasteiger partial charge in [0.1, 0.15) is 5.78 Å². The van der Waals surface area contributed by atoms with Gasteiger partial charge in [0.25, 0.3) is 0 Å². The first-order valence-electron chi connectivity index (χ1n) is 5.93. The van der Waals surface area contributed by atoms with Crippen LogP contribution in [0.25, 0.3) is 0 Å². The smallest absolute Gasteiger partial charge is 0.131 e. The molecule has 1 aliphatic heterocycles. The molecule has 0 spiro atoms. The average molecular weight is 229 g/mol. The van der Waals surface area contributed by atoms with Crippen LogP contribution in [0.4, 0.5) is 0 Å². The van der Waals surface area contributed by atoms with Crippen LogP contribution in [0.3, 0.4) is 0 Å². The predicted octanol–water partition coefficient (Wildman–Crippen LogP) is 0.827. The molecule has 0 aromatic rings. The summed E-state index contributed by atoms with van der Waals surface area (Å²) < 4.78 is 5.24. The molecule has 1 heterocycles. The highest BCUT2D eigenvalue weighted by atomic mass is 16.5. The van der Waals surface area contributed by atoms with Gasteiger partial charge in [-0.15, -0.1) is 0 Å². The van der Waals surface area contributed by atoms with Crippen LogP contribution in [0.15, 0.2) is 0 Å². The zero-order valence-corrected chi connectivity index (χ0v) is 10.5. The SMILES string of the molecule is CC(=O)CC(C)N(C)CC1(O)CCOCC1. The van der Waals surface area contributed by atoms with E-state index in [1.165, 1.54) is 0 Å². The number of rotatable bonds is 5. The maximum atomic E-state index is 11.0. The standard InChI is InChI=1S/C12H23NO3/c1-10(8-11(2)14)13(3)9-12(15)4-6-16-7-5-12/h10,15H,4-9H2,1-3H3. The number of nitrogens with zero attached hydrogens (tertiary/aromatic N) is 1. The van der Waals surface area contributed by atoms with Crippen molar-refractivity contribution in [3.63, 3.8) is 0 Å². The second-order valence-corrected chi connectivity index (χ2v) is 5.01. The summed E-state index contributed by atoms with van der Waals surface area (Å²) in [7, 11) is 1.96. The van der Waals surface area contributed by atoms with Gasteiger partial charge < -0.3 is 14.7 Å². The van der Waals surface area contributed by atoms with Crippen LogP contribution in [0.5, 0.6) is 0 Å². The second kappa shape index (κ2) is 5.75. The molecule has 1 atom stereocenters. The quantitative estimate of drug-likeness (QED) is 0.758. The maximum absolute atomic E-state index is 11.0. The Morgan fingerprint density at radius 2 is 2.06 bits per heavy atom. The van der Waals surface area contributed by atoms with E-state index in [9.17, 15) is 9.90 Å². The Kier molecular flexibility index (Phi) is 4.89. The molecule has 1 unspecified atom stereocenters. The van der Waals surface area contributed by atoms with Gasteiger partial charge in [-0.25, -0.2) is 0 Å². The molecule has 4 nitrogen and oxygen atoms in total. The molecule has 0 saturated carbocycles. The summed E-state index contributed by atoms with van der Waals surface area (Å²) >= 11 is 0. The Labute approximate surface area is 97.6 Å². The molecule has 94 valence electrons. The molecule has 1 fully saturated rings. The molecule has 1 rings (SSSR count). The van der Waals surface area contributed by atoms with E-state index in [1.54, 1.807) is 6.92 Å². The van der Waals surface area contributed by atoms with Crippen molar-refractivity contribution in [3.05, 3.63) is 0 Å². The Hall–Kier alpha value is -0.450. The van der Waals surface area contributed by atoms with E-state index in [2.05, 4.69) is 4.90 Å². The first-order valence-corrected chi connectivity index (χ1v) is 5.93. The number of likely N-dealkylation sites (N-methyl/N-ethyl adjacent to an activating group) is 1. The molecular formula is C12H23NO3. The molecule has 1 aliphatic rings. The normalized spacial score (nSPS) is 22.1. The molecule has 0 bridgehead atoms. The lowest BCUT2D eigenvalue weighted by molar-refractivity contribution is -0.119. The number of hydrogen-bond acceptors (Lipinski definition) is 4. The van der Waals surface area contributed by atoms with Crippen LogP contribution in [0.1, 0.15) is 33.1 Å². The van der Waals surface area contributed by atoms with Crippen LogP contribution < -0.4 is 0 Å². The Balaban J connectivity index is 2.42. The Morgan fingerprint density at radius 1 is 1.50 bits per heavy atom. The van der Waals surface area contributed by atoms with E-state index in [4.69, 9.17) is 4.74 Å². The van der Waals surface area contributed by atoms with Crippen LogP contribution in [0, 0.1) is 0 Å². The summed E-state index contributed by atoms with van der Waals surface area (Å²) in [5, 5.41) is 10.3. The first-order chi connectivity index (χ1) is 7.43. The second-order valence-electron chi connectivity index (χ2n) is 5.01. The number of Topliss-reactive ketones (excluding diaryl/α,β-unsaturated/α-hetero) is 1. The third kappa shape index (κ3) is 4.20. The minimum absolute atomic E-state index is 0.185. The summed E-state index contributed by atoms with van der Waals surface area (Å²) in [6, 6.07) is 0.185. The number of ketones is 1. The summed E-state index contributed by atoms with van der Waals surface area (Å²) in [6.07, 6.45) is 1.91. The van der Waals surface area contributed by atoms with E-state index in [-0.39, 0.29) is 11.8 Å². The van der Waals surface area contributed by atoms with Gasteiger partial charge in [0.05, 0.1) is 5.60 Å². The molecular weight excluding hydrogens is 206 g/mol. The van der Waals surface area contributed by atoms with Crippen molar-refractivity contribution in [1.29, 1.82) is 0 Å². The third-order valence-corrected chi connectivity index (χ3v) is 3.30. The topological polar surface area (TPSA) is 49.8 Å². The minimum Gasteiger partial charge on any atom is -0.388 e. The van der Waals surface area contributed by atoms with Crippen molar-refractivity contribution < 1.29 is 14.6 Å². The van der Waals surface area contributed by atoms with E-state index in [0.29, 0.717) is 39.0 Å². The summed E-state index contributed by atoms with van der Waals surface area (Å²) in [6.45, 7) is 5.50. The van der Waals surface area contributed by atoms with Crippen molar-refractivity contribution in [1.82, 2.24) is 4.90 Å². The summed E-state index contributed by atoms with van der Waals surface area (Å²) in [5.74, 6) is 0.193. The van der Waals surface area contributed by atoms with Gasteiger partial charge in [-0.05, 0) is 20.9 Å². The van der Waals surface area contributed by atoms with Crippen LogP contribution in [-0.2, 0) is 9.53 Å². The van der Waals surface area contributed by atoms with Crippen LogP contribution in [0.2, 0.25) is 0 Å². The lowest BCUT2D eigenvalue weighted by Gasteiger charge is -2.37. The van der Waals surface area contributed by atoms with Crippen molar-refractivity contribution in [2.75, 3.05) is 26.8 Å². The van der Waals surface area contributed by atoms with Gasteiger partial charge in [0.15, 0.2) is 0 Å². The summed E-state index contributed by atoms with van der Waals surface area (Å²) in [5.41, 5.74) is -0.641. The molecule has 0 radical (unpaired) electrons. The highest BCUT2D eigenvalue weighted by Gasteiger charge is 2.32. The molecule has 0 aromatic carbocycles. The molecule has 1 saturated heterocycles. The molecule has 0 aliphatic carbocycles. The van der Waals surface area contributed by atoms with Gasteiger partial charge in [0.2, 0.25) is 0 Å². The predicted molar refractivity (Wildman–Crippen MR) is 62.4 cm³/mol. The van der Waals surface area contributed by atoms with E-state index in [1.807, 2.05) is 14.0 Å². The summed E-state index contributed by atoms with van der Waals surface area (Å²) in [4.78, 5) is 13.1. The van der Waals surface area contributed by atoms with Crippen molar-refractivity contribution in [3.8, 4) is 0 Å². The zero-order valence-electron chi connectivity index (χ0n) is 10.5. The van der Waals surface area contributed by atoms with E-state index < -0.39 is 5.60 Å². The van der Waals surface area contributed by atoms with Crippen molar-refractivity contribution >= 4 is 5.78 Å². The molecule has 4 heteroatoms. The lowest BCUT2D eigenvalue weighted by atomic mass is 9.93.